The van der Waals surface area contributed by atoms with Crippen molar-refractivity contribution in [3.63, 3.8) is 0 Å². The molecule has 84 valence electrons. The highest BCUT2D eigenvalue weighted by atomic mass is 19.1. The first-order valence-corrected chi connectivity index (χ1v) is 4.88. The molecule has 15 heavy (non-hydrogen) atoms. The molecule has 0 saturated heterocycles. The molecule has 0 aliphatic rings. The Kier molecular flexibility index (Phi) is 4.52. The number of ether oxygens (including phenoxy) is 1. The monoisotopic (exact) mass is 212 g/mol. The zero-order valence-corrected chi connectivity index (χ0v) is 9.11. The van der Waals surface area contributed by atoms with E-state index in [1.165, 1.54) is 12.1 Å². The summed E-state index contributed by atoms with van der Waals surface area (Å²) in [6, 6.07) is 6.15. The van der Waals surface area contributed by atoms with Crippen LogP contribution in [0.25, 0.3) is 0 Å². The molecule has 0 aromatic heterocycles. The van der Waals surface area contributed by atoms with Crippen molar-refractivity contribution in [1.29, 1.82) is 0 Å². The van der Waals surface area contributed by atoms with Crippen molar-refractivity contribution in [3.05, 3.63) is 30.1 Å². The Bertz CT molecular complexity index is 287. The van der Waals surface area contributed by atoms with Crippen molar-refractivity contribution in [2.45, 2.75) is 6.04 Å². The van der Waals surface area contributed by atoms with E-state index in [1.807, 2.05) is 19.0 Å². The zero-order valence-electron chi connectivity index (χ0n) is 9.11. The van der Waals surface area contributed by atoms with E-state index in [1.54, 1.807) is 12.1 Å². The third kappa shape index (κ3) is 3.85. The van der Waals surface area contributed by atoms with E-state index < -0.39 is 0 Å². The van der Waals surface area contributed by atoms with Gasteiger partial charge in [0.1, 0.15) is 18.2 Å². The number of hydrogen-bond donors (Lipinski definition) is 1. The SMILES string of the molecule is CN(C)C(CN)COc1ccc(F)cc1. The smallest absolute Gasteiger partial charge is 0.123 e. The lowest BCUT2D eigenvalue weighted by atomic mass is 10.3. The second-order valence-corrected chi connectivity index (χ2v) is 3.62. The van der Waals surface area contributed by atoms with Gasteiger partial charge >= 0.3 is 0 Å². The fourth-order valence-electron chi connectivity index (χ4n) is 1.15. The fourth-order valence-corrected chi connectivity index (χ4v) is 1.15. The highest BCUT2D eigenvalue weighted by molar-refractivity contribution is 5.22. The Labute approximate surface area is 89.6 Å². The largest absolute Gasteiger partial charge is 0.492 e. The van der Waals surface area contributed by atoms with Crippen LogP contribution in [0, 0.1) is 5.82 Å². The van der Waals surface area contributed by atoms with E-state index in [-0.39, 0.29) is 11.9 Å². The molecule has 0 amide bonds. The molecule has 0 aliphatic heterocycles. The van der Waals surface area contributed by atoms with Crippen LogP contribution in [0.3, 0.4) is 0 Å². The maximum Gasteiger partial charge on any atom is 0.123 e. The number of nitrogens with zero attached hydrogens (tertiary/aromatic N) is 1. The van der Waals surface area contributed by atoms with Gasteiger partial charge in [-0.1, -0.05) is 0 Å². The lowest BCUT2D eigenvalue weighted by molar-refractivity contribution is 0.190. The van der Waals surface area contributed by atoms with Gasteiger partial charge in [-0.05, 0) is 38.4 Å². The Morgan fingerprint density at radius 2 is 1.93 bits per heavy atom. The van der Waals surface area contributed by atoms with Crippen LogP contribution in [0.15, 0.2) is 24.3 Å². The standard InChI is InChI=1S/C11H17FN2O/c1-14(2)10(7-13)8-15-11-5-3-9(12)4-6-11/h3-6,10H,7-8,13H2,1-2H3. The molecule has 1 atom stereocenters. The van der Waals surface area contributed by atoms with Crippen molar-refractivity contribution in [3.8, 4) is 5.75 Å². The average molecular weight is 212 g/mol. The number of hydrogen-bond acceptors (Lipinski definition) is 3. The second-order valence-electron chi connectivity index (χ2n) is 3.62. The van der Waals surface area contributed by atoms with Crippen LogP contribution in [-0.2, 0) is 0 Å². The first kappa shape index (κ1) is 11.9. The topological polar surface area (TPSA) is 38.5 Å². The van der Waals surface area contributed by atoms with Crippen molar-refractivity contribution in [2.75, 3.05) is 27.2 Å². The number of halogens is 1. The molecular formula is C11H17FN2O. The van der Waals surface area contributed by atoms with Crippen molar-refractivity contribution in [2.24, 2.45) is 5.73 Å². The molecule has 0 fully saturated rings. The molecule has 0 spiro atoms. The molecule has 3 nitrogen and oxygen atoms in total. The molecular weight excluding hydrogens is 195 g/mol. The van der Waals surface area contributed by atoms with Crippen LogP contribution < -0.4 is 10.5 Å². The van der Waals surface area contributed by atoms with Crippen LogP contribution in [0.5, 0.6) is 5.75 Å². The first-order valence-electron chi connectivity index (χ1n) is 4.88. The van der Waals surface area contributed by atoms with Crippen LogP contribution in [0.4, 0.5) is 4.39 Å². The van der Waals surface area contributed by atoms with Gasteiger partial charge in [0.05, 0.1) is 6.04 Å². The Morgan fingerprint density at radius 1 is 1.33 bits per heavy atom. The molecule has 0 radical (unpaired) electrons. The van der Waals surface area contributed by atoms with Crippen molar-refractivity contribution >= 4 is 0 Å². The number of nitrogens with two attached hydrogens (primary N) is 1. The van der Waals surface area contributed by atoms with E-state index in [9.17, 15) is 4.39 Å². The zero-order chi connectivity index (χ0) is 11.3. The summed E-state index contributed by atoms with van der Waals surface area (Å²) in [6.45, 7) is 1.04. The van der Waals surface area contributed by atoms with Crippen LogP contribution >= 0.6 is 0 Å². The van der Waals surface area contributed by atoms with Crippen LogP contribution in [-0.4, -0.2) is 38.2 Å². The quantitative estimate of drug-likeness (QED) is 0.794. The van der Waals surface area contributed by atoms with E-state index in [4.69, 9.17) is 10.5 Å². The highest BCUT2D eigenvalue weighted by Crippen LogP contribution is 2.11. The van der Waals surface area contributed by atoms with Crippen LogP contribution in [0.2, 0.25) is 0 Å². The second kappa shape index (κ2) is 5.68. The number of benzene rings is 1. The Morgan fingerprint density at radius 3 is 2.40 bits per heavy atom. The Hall–Kier alpha value is -1.13. The van der Waals surface area contributed by atoms with Gasteiger partial charge < -0.3 is 15.4 Å². The summed E-state index contributed by atoms with van der Waals surface area (Å²) in [5, 5.41) is 0. The molecule has 0 aliphatic carbocycles. The highest BCUT2D eigenvalue weighted by Gasteiger charge is 2.09. The Balaban J connectivity index is 2.45. The molecule has 1 unspecified atom stereocenters. The molecule has 2 N–H and O–H groups in total. The minimum absolute atomic E-state index is 0.176. The minimum Gasteiger partial charge on any atom is -0.492 e. The van der Waals surface area contributed by atoms with E-state index in [2.05, 4.69) is 0 Å². The third-order valence-electron chi connectivity index (χ3n) is 2.26. The molecule has 0 heterocycles. The van der Waals surface area contributed by atoms with Gasteiger partial charge in [-0.25, -0.2) is 4.39 Å². The van der Waals surface area contributed by atoms with Gasteiger partial charge in [-0.3, -0.25) is 0 Å². The molecule has 4 heteroatoms. The van der Waals surface area contributed by atoms with E-state index in [0.717, 1.165) is 0 Å². The summed E-state index contributed by atoms with van der Waals surface area (Å²) in [5.41, 5.74) is 5.58. The van der Waals surface area contributed by atoms with Crippen molar-refractivity contribution < 1.29 is 9.13 Å². The predicted molar refractivity (Wildman–Crippen MR) is 58.4 cm³/mol. The van der Waals surface area contributed by atoms with Gasteiger partial charge in [-0.2, -0.15) is 0 Å². The lowest BCUT2D eigenvalue weighted by Crippen LogP contribution is -2.39. The summed E-state index contributed by atoms with van der Waals surface area (Å²) >= 11 is 0. The normalized spacial score (nSPS) is 12.9. The lowest BCUT2D eigenvalue weighted by Gasteiger charge is -2.22. The first-order chi connectivity index (χ1) is 7.13. The van der Waals surface area contributed by atoms with Gasteiger partial charge in [0.15, 0.2) is 0 Å². The number of likely N-dealkylation sites (N-methyl/N-ethyl adjacent to an activating group) is 1. The summed E-state index contributed by atoms with van der Waals surface area (Å²) < 4.78 is 18.1. The minimum atomic E-state index is -0.259. The molecule has 0 saturated carbocycles. The van der Waals surface area contributed by atoms with Crippen LogP contribution in [0.1, 0.15) is 0 Å². The van der Waals surface area contributed by atoms with E-state index >= 15 is 0 Å². The van der Waals surface area contributed by atoms with Crippen molar-refractivity contribution in [1.82, 2.24) is 4.90 Å². The van der Waals surface area contributed by atoms with Gasteiger partial charge in [0.25, 0.3) is 0 Å². The fraction of sp³-hybridized carbons (Fsp3) is 0.455. The summed E-state index contributed by atoms with van der Waals surface area (Å²) in [5.74, 6) is 0.405. The average Bonchev–Trinajstić information content (AvgIpc) is 2.21. The predicted octanol–water partition coefficient (Wildman–Crippen LogP) is 1.09. The van der Waals surface area contributed by atoms with Gasteiger partial charge in [-0.15, -0.1) is 0 Å². The molecule has 1 aromatic rings. The summed E-state index contributed by atoms with van der Waals surface area (Å²) in [7, 11) is 3.90. The molecule has 1 aromatic carbocycles. The van der Waals surface area contributed by atoms with Gasteiger partial charge in [0, 0.05) is 6.54 Å². The third-order valence-corrected chi connectivity index (χ3v) is 2.26. The maximum atomic E-state index is 12.6. The van der Waals surface area contributed by atoms with E-state index in [0.29, 0.717) is 18.9 Å². The van der Waals surface area contributed by atoms with Gasteiger partial charge in [0.2, 0.25) is 0 Å². The maximum absolute atomic E-state index is 12.6. The number of rotatable bonds is 5. The molecule has 0 bridgehead atoms. The summed E-state index contributed by atoms with van der Waals surface area (Å²) in [4.78, 5) is 2.00. The summed E-state index contributed by atoms with van der Waals surface area (Å²) in [6.07, 6.45) is 0. The molecule has 1 rings (SSSR count).